The van der Waals surface area contributed by atoms with Crippen molar-refractivity contribution < 1.29 is 36.5 Å². The molecule has 2 atom stereocenters. The number of β-lactam (4-membered cyclic amide) rings is 1. The predicted molar refractivity (Wildman–Crippen MR) is 122 cm³/mol. The highest BCUT2D eigenvalue weighted by Gasteiger charge is 2.51. The third-order valence-corrected chi connectivity index (χ3v) is 6.36. The number of amidine groups is 1. The number of carbonyl (C=O) groups excluding carboxylic acids is 2. The zero-order valence-corrected chi connectivity index (χ0v) is 19.6. The number of oxime groups is 1. The van der Waals surface area contributed by atoms with E-state index in [4.69, 9.17) is 31.0 Å². The molecule has 1 aromatic heterocycles. The summed E-state index contributed by atoms with van der Waals surface area (Å²) < 4.78 is 51.0. The first-order chi connectivity index (χ1) is 16.4. The Morgan fingerprint density at radius 1 is 1.43 bits per heavy atom. The number of nitrogen functional groups attached to an aromatic ring is 2. The Kier molecular flexibility index (Phi) is 7.51. The van der Waals surface area contributed by atoms with Crippen LogP contribution < -0.4 is 21.5 Å². The van der Waals surface area contributed by atoms with Crippen molar-refractivity contribution in [2.75, 3.05) is 18.9 Å². The second-order valence-electron chi connectivity index (χ2n) is 7.06. The highest BCUT2D eigenvalue weighted by Crippen LogP contribution is 2.23. The zero-order valence-electron chi connectivity index (χ0n) is 18.0. The normalized spacial score (nSPS) is 18.1. The Bertz CT molecular complexity index is 1300. The first-order valence-electron chi connectivity index (χ1n) is 9.69. The molecule has 1 saturated heterocycles. The Morgan fingerprint density at radius 2 is 2.14 bits per heavy atom. The molecule has 1 fully saturated rings. The van der Waals surface area contributed by atoms with E-state index in [0.29, 0.717) is 0 Å². The summed E-state index contributed by atoms with van der Waals surface area (Å²) in [5.74, 6) is -3.10. The second-order valence-corrected chi connectivity index (χ2v) is 9.23. The molecule has 2 heterocycles. The lowest BCUT2D eigenvalue weighted by atomic mass is 10.0. The van der Waals surface area contributed by atoms with E-state index in [9.17, 15) is 22.4 Å². The molecule has 0 saturated carbocycles. The first-order valence-corrected chi connectivity index (χ1v) is 12.0. The van der Waals surface area contributed by atoms with Gasteiger partial charge >= 0.3 is 10.3 Å². The van der Waals surface area contributed by atoms with Crippen LogP contribution in [0.1, 0.15) is 18.2 Å². The molecule has 1 aliphatic heterocycles. The van der Waals surface area contributed by atoms with Gasteiger partial charge in [0.2, 0.25) is 0 Å². The van der Waals surface area contributed by atoms with Crippen molar-refractivity contribution in [2.24, 2.45) is 10.9 Å². The number of nitrogens with zero attached hydrogens (tertiary/aromatic N) is 3. The van der Waals surface area contributed by atoms with Crippen LogP contribution in [0.3, 0.4) is 0 Å². The van der Waals surface area contributed by atoms with Gasteiger partial charge in [-0.15, -0.1) is 11.3 Å². The molecule has 0 aliphatic carbocycles. The minimum atomic E-state index is -4.76. The maximum atomic E-state index is 14.0. The number of carbonyl (C=O) groups is 2. The molecule has 188 valence electrons. The Hall–Kier alpha value is -3.83. The number of aromatic nitrogens is 1. The van der Waals surface area contributed by atoms with Gasteiger partial charge in [-0.25, -0.2) is 13.7 Å². The van der Waals surface area contributed by atoms with E-state index in [2.05, 4.69) is 15.5 Å². The first kappa shape index (κ1) is 25.8. The third-order valence-electron chi connectivity index (χ3n) is 4.68. The molecule has 3 rings (SSSR count). The molecular formula is C18H20FN7O7S2. The van der Waals surface area contributed by atoms with E-state index in [-0.39, 0.29) is 51.2 Å². The molecule has 1 aliphatic rings. The fourth-order valence-corrected chi connectivity index (χ4v) is 4.43. The summed E-state index contributed by atoms with van der Waals surface area (Å²) in [6.07, 6.45) is 0. The van der Waals surface area contributed by atoms with Gasteiger partial charge in [0.15, 0.2) is 29.0 Å². The summed E-state index contributed by atoms with van der Waals surface area (Å²) in [6, 6.07) is 1.45. The molecule has 14 nitrogen and oxygen atoms in total. The SMILES string of the molecule is C[C@H]1[C@H](NC(=O)C(=NOCCOc2ccc(C(=N)N)cc2F)c2csc(N)n2)C(=O)N1S(=O)(=O)O. The maximum Gasteiger partial charge on any atom is 0.362 e. The van der Waals surface area contributed by atoms with Crippen molar-refractivity contribution in [1.82, 2.24) is 14.6 Å². The molecule has 17 heteroatoms. The molecule has 0 bridgehead atoms. The van der Waals surface area contributed by atoms with Crippen molar-refractivity contribution in [3.8, 4) is 5.75 Å². The lowest BCUT2D eigenvalue weighted by Gasteiger charge is -2.42. The number of ether oxygens (including phenoxy) is 1. The van der Waals surface area contributed by atoms with Gasteiger partial charge < -0.3 is 26.4 Å². The van der Waals surface area contributed by atoms with Crippen molar-refractivity contribution in [1.29, 1.82) is 5.41 Å². The van der Waals surface area contributed by atoms with Crippen LogP contribution in [0.5, 0.6) is 5.75 Å². The fraction of sp³-hybridized carbons (Fsp3) is 0.278. The summed E-state index contributed by atoms with van der Waals surface area (Å²) >= 11 is 1.01. The number of nitrogens with one attached hydrogen (secondary N) is 2. The Labute approximate surface area is 202 Å². The number of hydrogen-bond donors (Lipinski definition) is 5. The molecule has 0 unspecified atom stereocenters. The van der Waals surface area contributed by atoms with Crippen LogP contribution >= 0.6 is 11.3 Å². The van der Waals surface area contributed by atoms with E-state index >= 15 is 0 Å². The number of thiazole rings is 1. The van der Waals surface area contributed by atoms with E-state index in [1.807, 2.05) is 0 Å². The highest BCUT2D eigenvalue weighted by molar-refractivity contribution is 7.84. The molecule has 2 aromatic rings. The van der Waals surface area contributed by atoms with Gasteiger partial charge in [0.05, 0.1) is 6.04 Å². The van der Waals surface area contributed by atoms with Crippen LogP contribution in [0.4, 0.5) is 9.52 Å². The van der Waals surface area contributed by atoms with Gasteiger partial charge in [0.1, 0.15) is 24.2 Å². The van der Waals surface area contributed by atoms with Crippen LogP contribution in [0.15, 0.2) is 28.7 Å². The van der Waals surface area contributed by atoms with Crippen LogP contribution in [0.2, 0.25) is 0 Å². The van der Waals surface area contributed by atoms with Gasteiger partial charge in [-0.05, 0) is 25.1 Å². The molecule has 2 amide bonds. The summed E-state index contributed by atoms with van der Waals surface area (Å²) in [5, 5.41) is 14.9. The van der Waals surface area contributed by atoms with Gasteiger partial charge in [0, 0.05) is 10.9 Å². The quantitative estimate of drug-likeness (QED) is 0.0660. The minimum Gasteiger partial charge on any atom is -0.487 e. The van der Waals surface area contributed by atoms with Gasteiger partial charge in [-0.3, -0.25) is 19.6 Å². The summed E-state index contributed by atoms with van der Waals surface area (Å²) in [7, 11) is -4.76. The number of halogens is 1. The number of benzene rings is 1. The van der Waals surface area contributed by atoms with Crippen LogP contribution in [-0.4, -0.2) is 70.9 Å². The number of rotatable bonds is 10. The third kappa shape index (κ3) is 5.81. The standard InChI is InChI=1S/C18H20FN7O7S2/c1-8-13(17(28)26(8)35(29,30)31)24-16(27)14(11-7-34-18(22)23-11)25-33-5-4-32-12-3-2-9(15(20)21)6-10(12)19/h2-3,6-8,13H,4-5H2,1H3,(H3,20,21)(H2,22,23)(H,24,27)(H,29,30,31)/t8-,13-/m0/s1. The number of amides is 2. The van der Waals surface area contributed by atoms with Crippen molar-refractivity contribution in [2.45, 2.75) is 19.0 Å². The van der Waals surface area contributed by atoms with E-state index < -0.39 is 40.0 Å². The lowest BCUT2D eigenvalue weighted by Crippen LogP contribution is -2.71. The predicted octanol–water partition coefficient (Wildman–Crippen LogP) is -0.534. The molecule has 7 N–H and O–H groups in total. The average molecular weight is 530 g/mol. The molecule has 0 spiro atoms. The van der Waals surface area contributed by atoms with Gasteiger partial charge in [-0.1, -0.05) is 5.16 Å². The van der Waals surface area contributed by atoms with E-state index in [1.165, 1.54) is 24.4 Å². The fourth-order valence-electron chi connectivity index (χ4n) is 3.00. The maximum absolute atomic E-state index is 14.0. The van der Waals surface area contributed by atoms with Crippen molar-refractivity contribution >= 4 is 50.1 Å². The topological polar surface area (TPSA) is 223 Å². The monoisotopic (exact) mass is 529 g/mol. The summed E-state index contributed by atoms with van der Waals surface area (Å²) in [5.41, 5.74) is 10.8. The average Bonchev–Trinajstić information content (AvgIpc) is 3.20. The number of anilines is 1. The molecule has 1 aromatic carbocycles. The van der Waals surface area contributed by atoms with E-state index in [1.54, 1.807) is 0 Å². The minimum absolute atomic E-state index is 0.0304. The summed E-state index contributed by atoms with van der Waals surface area (Å²) in [6.45, 7) is 0.919. The smallest absolute Gasteiger partial charge is 0.362 e. The Balaban J connectivity index is 1.64. The molecule has 0 radical (unpaired) electrons. The largest absolute Gasteiger partial charge is 0.487 e. The molecule has 35 heavy (non-hydrogen) atoms. The van der Waals surface area contributed by atoms with Crippen LogP contribution in [0, 0.1) is 11.2 Å². The van der Waals surface area contributed by atoms with Crippen molar-refractivity contribution in [3.05, 3.63) is 40.7 Å². The van der Waals surface area contributed by atoms with Crippen molar-refractivity contribution in [3.63, 3.8) is 0 Å². The van der Waals surface area contributed by atoms with E-state index in [0.717, 1.165) is 17.4 Å². The highest BCUT2D eigenvalue weighted by atomic mass is 32.2. The zero-order chi connectivity index (χ0) is 25.9. The molecular weight excluding hydrogens is 509 g/mol. The van der Waals surface area contributed by atoms with Crippen LogP contribution in [0.25, 0.3) is 0 Å². The summed E-state index contributed by atoms with van der Waals surface area (Å²) in [4.78, 5) is 33.8. The van der Waals surface area contributed by atoms with Gasteiger partial charge in [0.25, 0.3) is 11.8 Å². The lowest BCUT2D eigenvalue weighted by molar-refractivity contribution is -0.143. The Morgan fingerprint density at radius 3 is 2.69 bits per heavy atom. The number of nitrogens with two attached hydrogens (primary N) is 2. The second kappa shape index (κ2) is 10.2. The van der Waals surface area contributed by atoms with Gasteiger partial charge in [-0.2, -0.15) is 8.42 Å². The van der Waals surface area contributed by atoms with Crippen LogP contribution in [-0.2, 0) is 24.7 Å². The number of hydrogen-bond acceptors (Lipinski definition) is 11.